The molecule has 1 rings (SSSR count). The molecule has 0 spiro atoms. The molecule has 14 heavy (non-hydrogen) atoms. The van der Waals surface area contributed by atoms with Crippen LogP contribution in [0.2, 0.25) is 0 Å². The van der Waals surface area contributed by atoms with Crippen molar-refractivity contribution < 1.29 is 0 Å². The largest absolute Gasteiger partial charge is 0.369 e. The lowest BCUT2D eigenvalue weighted by Gasteiger charge is -2.35. The summed E-state index contributed by atoms with van der Waals surface area (Å²) in [6.07, 6.45) is 3.88. The van der Waals surface area contributed by atoms with Gasteiger partial charge in [0.15, 0.2) is 0 Å². The number of likely N-dealkylation sites (N-methyl/N-ethyl adjacent to an activating group) is 1. The van der Waals surface area contributed by atoms with Crippen molar-refractivity contribution in [3.8, 4) is 0 Å². The highest BCUT2D eigenvalue weighted by Gasteiger charge is 2.15. The average Bonchev–Trinajstić information content (AvgIpc) is 2.15. The van der Waals surface area contributed by atoms with Crippen LogP contribution in [0.15, 0.2) is 36.6 Å². The van der Waals surface area contributed by atoms with E-state index in [9.17, 15) is 0 Å². The second-order valence-corrected chi connectivity index (χ2v) is 3.86. The van der Waals surface area contributed by atoms with Crippen LogP contribution in [-0.4, -0.2) is 43.0 Å². The molecule has 1 heterocycles. The van der Waals surface area contributed by atoms with E-state index in [0.717, 1.165) is 31.8 Å². The predicted molar refractivity (Wildman–Crippen MR) is 62.2 cm³/mol. The van der Waals surface area contributed by atoms with E-state index < -0.39 is 0 Å². The number of nitrogens with zero attached hydrogens (tertiary/aromatic N) is 2. The predicted octanol–water partition coefficient (Wildman–Crippen LogP) is 1.88. The Kier molecular flexibility index (Phi) is 3.96. The SMILES string of the molecule is C=C/C=C(\C(=C)C)N1CCN(C)CC1. The van der Waals surface area contributed by atoms with Gasteiger partial charge in [0, 0.05) is 31.9 Å². The summed E-state index contributed by atoms with van der Waals surface area (Å²) in [5.41, 5.74) is 2.35. The van der Waals surface area contributed by atoms with Gasteiger partial charge in [-0.3, -0.25) is 0 Å². The summed E-state index contributed by atoms with van der Waals surface area (Å²) >= 11 is 0. The van der Waals surface area contributed by atoms with Gasteiger partial charge in [-0.05, 0) is 25.6 Å². The molecule has 0 amide bonds. The van der Waals surface area contributed by atoms with Crippen LogP contribution >= 0.6 is 0 Å². The first-order valence-electron chi connectivity index (χ1n) is 5.07. The molecule has 0 radical (unpaired) electrons. The Morgan fingerprint density at radius 1 is 1.21 bits per heavy atom. The fourth-order valence-electron chi connectivity index (χ4n) is 1.68. The Balaban J connectivity index is 2.66. The first-order valence-corrected chi connectivity index (χ1v) is 5.07. The van der Waals surface area contributed by atoms with Gasteiger partial charge in [-0.2, -0.15) is 0 Å². The molecule has 2 nitrogen and oxygen atoms in total. The summed E-state index contributed by atoms with van der Waals surface area (Å²) in [4.78, 5) is 4.73. The Hall–Kier alpha value is -1.02. The molecule has 1 fully saturated rings. The van der Waals surface area contributed by atoms with Gasteiger partial charge in [-0.25, -0.2) is 0 Å². The van der Waals surface area contributed by atoms with E-state index in [-0.39, 0.29) is 0 Å². The minimum absolute atomic E-state index is 1.09. The Labute approximate surface area is 87.2 Å². The summed E-state index contributed by atoms with van der Waals surface area (Å²) in [7, 11) is 2.16. The molecule has 0 aliphatic carbocycles. The number of hydrogen-bond donors (Lipinski definition) is 0. The lowest BCUT2D eigenvalue weighted by atomic mass is 10.2. The molecule has 0 saturated carbocycles. The maximum atomic E-state index is 4.00. The quantitative estimate of drug-likeness (QED) is 0.630. The van der Waals surface area contributed by atoms with Crippen LogP contribution in [0.25, 0.3) is 0 Å². The number of rotatable bonds is 3. The normalized spacial score (nSPS) is 19.6. The molecule has 78 valence electrons. The van der Waals surface area contributed by atoms with E-state index in [1.54, 1.807) is 0 Å². The second-order valence-electron chi connectivity index (χ2n) is 3.86. The third kappa shape index (κ3) is 2.74. The molecular weight excluding hydrogens is 172 g/mol. The topological polar surface area (TPSA) is 6.48 Å². The average molecular weight is 192 g/mol. The Morgan fingerprint density at radius 2 is 1.79 bits per heavy atom. The van der Waals surface area contributed by atoms with E-state index in [2.05, 4.69) is 30.0 Å². The van der Waals surface area contributed by atoms with E-state index in [1.165, 1.54) is 5.70 Å². The van der Waals surface area contributed by atoms with Crippen LogP contribution in [0, 0.1) is 0 Å². The molecule has 1 aliphatic heterocycles. The summed E-state index contributed by atoms with van der Waals surface area (Å²) in [6, 6.07) is 0. The van der Waals surface area contributed by atoms with E-state index in [4.69, 9.17) is 0 Å². The third-order valence-electron chi connectivity index (χ3n) is 2.56. The number of hydrogen-bond acceptors (Lipinski definition) is 2. The van der Waals surface area contributed by atoms with Gasteiger partial charge in [0.1, 0.15) is 0 Å². The third-order valence-corrected chi connectivity index (χ3v) is 2.56. The number of piperazine rings is 1. The van der Waals surface area contributed by atoms with Crippen LogP contribution in [0.5, 0.6) is 0 Å². The van der Waals surface area contributed by atoms with Crippen molar-refractivity contribution in [2.45, 2.75) is 6.92 Å². The molecular formula is C12H20N2. The molecule has 0 aromatic rings. The van der Waals surface area contributed by atoms with Crippen LogP contribution in [0.1, 0.15) is 6.92 Å². The summed E-state index contributed by atoms with van der Waals surface area (Å²) in [5, 5.41) is 0. The van der Waals surface area contributed by atoms with Gasteiger partial charge in [0.2, 0.25) is 0 Å². The van der Waals surface area contributed by atoms with E-state index in [0.29, 0.717) is 0 Å². The van der Waals surface area contributed by atoms with Crippen molar-refractivity contribution in [3.05, 3.63) is 36.6 Å². The minimum Gasteiger partial charge on any atom is -0.369 e. The highest BCUT2D eigenvalue weighted by Crippen LogP contribution is 2.15. The van der Waals surface area contributed by atoms with Crippen LogP contribution in [0.4, 0.5) is 0 Å². The molecule has 1 saturated heterocycles. The van der Waals surface area contributed by atoms with Gasteiger partial charge in [0.25, 0.3) is 0 Å². The van der Waals surface area contributed by atoms with Crippen molar-refractivity contribution in [1.29, 1.82) is 0 Å². The molecule has 0 bridgehead atoms. The van der Waals surface area contributed by atoms with E-state index >= 15 is 0 Å². The fraction of sp³-hybridized carbons (Fsp3) is 0.500. The fourth-order valence-corrected chi connectivity index (χ4v) is 1.68. The van der Waals surface area contributed by atoms with Crippen molar-refractivity contribution in [2.75, 3.05) is 33.2 Å². The summed E-state index contributed by atoms with van der Waals surface area (Å²) < 4.78 is 0. The summed E-state index contributed by atoms with van der Waals surface area (Å²) in [5.74, 6) is 0. The van der Waals surface area contributed by atoms with Crippen molar-refractivity contribution >= 4 is 0 Å². The lowest BCUT2D eigenvalue weighted by Crippen LogP contribution is -2.43. The van der Waals surface area contributed by atoms with Gasteiger partial charge < -0.3 is 9.80 Å². The maximum Gasteiger partial charge on any atom is 0.0390 e. The molecule has 0 aromatic carbocycles. The molecule has 0 unspecified atom stereocenters. The first kappa shape index (κ1) is 11.1. The molecule has 0 atom stereocenters. The highest BCUT2D eigenvalue weighted by atomic mass is 15.2. The first-order chi connectivity index (χ1) is 6.65. The zero-order chi connectivity index (χ0) is 10.6. The van der Waals surface area contributed by atoms with E-state index in [1.807, 2.05) is 19.1 Å². The minimum atomic E-state index is 1.09. The highest BCUT2D eigenvalue weighted by molar-refractivity contribution is 5.28. The van der Waals surface area contributed by atoms with Crippen LogP contribution < -0.4 is 0 Å². The molecule has 1 aliphatic rings. The van der Waals surface area contributed by atoms with Crippen LogP contribution in [0.3, 0.4) is 0 Å². The monoisotopic (exact) mass is 192 g/mol. The Morgan fingerprint density at radius 3 is 2.21 bits per heavy atom. The van der Waals surface area contributed by atoms with Crippen molar-refractivity contribution in [3.63, 3.8) is 0 Å². The molecule has 0 aromatic heterocycles. The smallest absolute Gasteiger partial charge is 0.0390 e. The van der Waals surface area contributed by atoms with Crippen molar-refractivity contribution in [1.82, 2.24) is 9.80 Å². The number of allylic oxidation sites excluding steroid dienone is 3. The van der Waals surface area contributed by atoms with Gasteiger partial charge in [-0.1, -0.05) is 19.2 Å². The second kappa shape index (κ2) is 5.01. The van der Waals surface area contributed by atoms with Gasteiger partial charge in [-0.15, -0.1) is 0 Å². The zero-order valence-corrected chi connectivity index (χ0v) is 9.29. The zero-order valence-electron chi connectivity index (χ0n) is 9.29. The summed E-state index contributed by atoms with van der Waals surface area (Å²) in [6.45, 7) is 14.2. The maximum absolute atomic E-state index is 4.00. The standard InChI is InChI=1S/C12H20N2/c1-5-6-12(11(2)3)14-9-7-13(4)8-10-14/h5-6H,1-2,7-10H2,3-4H3/b12-6+. The van der Waals surface area contributed by atoms with Gasteiger partial charge >= 0.3 is 0 Å². The lowest BCUT2D eigenvalue weighted by molar-refractivity contribution is 0.189. The molecule has 2 heteroatoms. The molecule has 0 N–H and O–H groups in total. The van der Waals surface area contributed by atoms with Crippen LogP contribution in [-0.2, 0) is 0 Å². The van der Waals surface area contributed by atoms with Crippen molar-refractivity contribution in [2.24, 2.45) is 0 Å². The van der Waals surface area contributed by atoms with Gasteiger partial charge in [0.05, 0.1) is 0 Å². The Bertz CT molecular complexity index is 245.